The molecule has 0 saturated carbocycles. The molecule has 6 nitrogen and oxygen atoms in total. The number of amides is 2. The molecule has 1 heterocycles. The van der Waals surface area contributed by atoms with Gasteiger partial charge in [-0.1, -0.05) is 35.9 Å². The second kappa shape index (κ2) is 11.3. The molecule has 3 aromatic rings. The first-order valence-corrected chi connectivity index (χ1v) is 12.3. The maximum absolute atomic E-state index is 13.0. The Morgan fingerprint density at radius 3 is 2.34 bits per heavy atom. The van der Waals surface area contributed by atoms with Gasteiger partial charge in [0, 0.05) is 10.6 Å². The van der Waals surface area contributed by atoms with Crippen LogP contribution in [-0.4, -0.2) is 24.4 Å². The van der Waals surface area contributed by atoms with Crippen molar-refractivity contribution in [3.63, 3.8) is 0 Å². The van der Waals surface area contributed by atoms with Crippen LogP contribution in [0.2, 0.25) is 5.02 Å². The molecular weight excluding hydrogens is 486 g/mol. The Morgan fingerprint density at radius 1 is 0.886 bits per heavy atom. The fraction of sp³-hybridized carbons (Fsp3) is 0.185. The number of thioether (sulfide) groups is 1. The van der Waals surface area contributed by atoms with Crippen LogP contribution in [0.4, 0.5) is 10.5 Å². The van der Waals surface area contributed by atoms with E-state index in [1.54, 1.807) is 42.5 Å². The predicted octanol–water partition coefficient (Wildman–Crippen LogP) is 6.96. The molecule has 0 aliphatic carbocycles. The van der Waals surface area contributed by atoms with Crippen LogP contribution in [0.1, 0.15) is 25.0 Å². The molecule has 0 aromatic heterocycles. The zero-order valence-electron chi connectivity index (χ0n) is 19.3. The first-order chi connectivity index (χ1) is 17.0. The lowest BCUT2D eigenvalue weighted by Gasteiger charge is -2.14. The maximum atomic E-state index is 13.0. The molecule has 4 rings (SSSR count). The number of carbonyl (C=O) groups is 2. The van der Waals surface area contributed by atoms with Crippen molar-refractivity contribution < 1.29 is 23.8 Å². The Morgan fingerprint density at radius 2 is 1.63 bits per heavy atom. The van der Waals surface area contributed by atoms with Crippen LogP contribution < -0.4 is 19.1 Å². The Bertz CT molecular complexity index is 1260. The van der Waals surface area contributed by atoms with Gasteiger partial charge in [-0.15, -0.1) is 0 Å². The number of carbonyl (C=O) groups excluding carboxylic acids is 2. The first-order valence-electron chi connectivity index (χ1n) is 11.1. The fourth-order valence-electron chi connectivity index (χ4n) is 3.47. The zero-order chi connectivity index (χ0) is 24.8. The average Bonchev–Trinajstić information content (AvgIpc) is 3.13. The van der Waals surface area contributed by atoms with Gasteiger partial charge in [0.1, 0.15) is 12.4 Å². The lowest BCUT2D eigenvalue weighted by molar-refractivity contribution is -0.113. The summed E-state index contributed by atoms with van der Waals surface area (Å²) in [5, 5.41) is 0.278. The SMILES string of the molecule is CCOc1ccc(N2C(=O)S/C(=C\c3ccc(OCc4ccccc4Cl)c(OCC)c3)C2=O)cc1. The molecule has 3 aromatic carbocycles. The monoisotopic (exact) mass is 509 g/mol. The van der Waals surface area contributed by atoms with Crippen molar-refractivity contribution >= 4 is 46.3 Å². The summed E-state index contributed by atoms with van der Waals surface area (Å²) in [5.41, 5.74) is 2.08. The summed E-state index contributed by atoms with van der Waals surface area (Å²) in [6.07, 6.45) is 1.68. The van der Waals surface area contributed by atoms with E-state index in [4.69, 9.17) is 25.8 Å². The van der Waals surface area contributed by atoms with Gasteiger partial charge >= 0.3 is 0 Å². The van der Waals surface area contributed by atoms with Gasteiger partial charge in [0.2, 0.25) is 0 Å². The van der Waals surface area contributed by atoms with Crippen LogP contribution in [0.3, 0.4) is 0 Å². The van der Waals surface area contributed by atoms with Crippen molar-refractivity contribution in [2.45, 2.75) is 20.5 Å². The van der Waals surface area contributed by atoms with Gasteiger partial charge in [0.05, 0.1) is 23.8 Å². The quantitative estimate of drug-likeness (QED) is 0.290. The number of anilines is 1. The smallest absolute Gasteiger partial charge is 0.298 e. The minimum absolute atomic E-state index is 0.292. The van der Waals surface area contributed by atoms with Crippen molar-refractivity contribution in [1.82, 2.24) is 0 Å². The van der Waals surface area contributed by atoms with Gasteiger partial charge < -0.3 is 14.2 Å². The molecule has 0 radical (unpaired) electrons. The molecular formula is C27H24ClNO5S. The molecule has 1 aliphatic rings. The molecule has 2 amide bonds. The molecule has 0 N–H and O–H groups in total. The summed E-state index contributed by atoms with van der Waals surface area (Å²) in [5.74, 6) is 1.41. The lowest BCUT2D eigenvalue weighted by atomic mass is 10.1. The summed E-state index contributed by atoms with van der Waals surface area (Å²) in [4.78, 5) is 27.1. The number of benzene rings is 3. The third-order valence-corrected chi connectivity index (χ3v) is 6.34. The second-order valence-electron chi connectivity index (χ2n) is 7.46. The number of halogens is 1. The fourth-order valence-corrected chi connectivity index (χ4v) is 4.50. The van der Waals surface area contributed by atoms with Crippen molar-refractivity contribution in [2.75, 3.05) is 18.1 Å². The van der Waals surface area contributed by atoms with E-state index in [0.29, 0.717) is 52.7 Å². The Labute approximate surface area is 213 Å². The minimum atomic E-state index is -0.374. The van der Waals surface area contributed by atoms with E-state index >= 15 is 0 Å². The van der Waals surface area contributed by atoms with Gasteiger partial charge in [-0.05, 0) is 79.7 Å². The highest BCUT2D eigenvalue weighted by Crippen LogP contribution is 2.37. The molecule has 35 heavy (non-hydrogen) atoms. The molecule has 0 unspecified atom stereocenters. The van der Waals surface area contributed by atoms with Crippen molar-refractivity contribution in [1.29, 1.82) is 0 Å². The third-order valence-electron chi connectivity index (χ3n) is 5.11. The summed E-state index contributed by atoms with van der Waals surface area (Å²) in [6, 6.07) is 19.7. The van der Waals surface area contributed by atoms with Gasteiger partial charge in [0.15, 0.2) is 11.5 Å². The van der Waals surface area contributed by atoms with E-state index in [9.17, 15) is 9.59 Å². The number of hydrogen-bond donors (Lipinski definition) is 0. The highest BCUT2D eigenvalue weighted by Gasteiger charge is 2.36. The first kappa shape index (κ1) is 24.7. The van der Waals surface area contributed by atoms with E-state index in [1.807, 2.05) is 44.2 Å². The third kappa shape index (κ3) is 5.81. The van der Waals surface area contributed by atoms with Crippen molar-refractivity contribution in [2.24, 2.45) is 0 Å². The van der Waals surface area contributed by atoms with E-state index in [0.717, 1.165) is 27.8 Å². The Hall–Kier alpha value is -3.42. The van der Waals surface area contributed by atoms with E-state index < -0.39 is 0 Å². The van der Waals surface area contributed by atoms with Gasteiger partial charge in [-0.2, -0.15) is 0 Å². The standard InChI is InChI=1S/C27H24ClNO5S/c1-3-32-21-12-10-20(11-13-21)29-26(30)25(35-27(29)31)16-18-9-14-23(24(15-18)33-4-2)34-17-19-7-5-6-8-22(19)28/h5-16H,3-4,17H2,1-2H3/b25-16-. The highest BCUT2D eigenvalue weighted by molar-refractivity contribution is 8.19. The molecule has 1 fully saturated rings. The van der Waals surface area contributed by atoms with Gasteiger partial charge in [-0.25, -0.2) is 4.90 Å². The van der Waals surface area contributed by atoms with Crippen molar-refractivity contribution in [3.8, 4) is 17.2 Å². The van der Waals surface area contributed by atoms with Crippen molar-refractivity contribution in [3.05, 3.63) is 87.8 Å². The largest absolute Gasteiger partial charge is 0.494 e. The zero-order valence-corrected chi connectivity index (χ0v) is 20.9. The summed E-state index contributed by atoms with van der Waals surface area (Å²) >= 11 is 7.12. The maximum Gasteiger partial charge on any atom is 0.298 e. The number of nitrogens with zero attached hydrogens (tertiary/aromatic N) is 1. The Balaban J connectivity index is 1.53. The molecule has 0 atom stereocenters. The van der Waals surface area contributed by atoms with E-state index in [-0.39, 0.29) is 11.1 Å². The van der Waals surface area contributed by atoms with Crippen LogP contribution in [-0.2, 0) is 11.4 Å². The number of rotatable bonds is 9. The highest BCUT2D eigenvalue weighted by atomic mass is 35.5. The minimum Gasteiger partial charge on any atom is -0.494 e. The van der Waals surface area contributed by atoms with Crippen LogP contribution in [0, 0.1) is 0 Å². The van der Waals surface area contributed by atoms with E-state index in [2.05, 4.69) is 0 Å². The summed E-state index contributed by atoms with van der Waals surface area (Å²) in [7, 11) is 0. The predicted molar refractivity (Wildman–Crippen MR) is 139 cm³/mol. The summed E-state index contributed by atoms with van der Waals surface area (Å²) in [6.45, 7) is 5.05. The normalized spacial score (nSPS) is 14.5. The average molecular weight is 510 g/mol. The van der Waals surface area contributed by atoms with Crippen LogP contribution in [0.5, 0.6) is 17.2 Å². The second-order valence-corrected chi connectivity index (χ2v) is 8.86. The molecule has 0 spiro atoms. The van der Waals surface area contributed by atoms with Crippen LogP contribution >= 0.6 is 23.4 Å². The van der Waals surface area contributed by atoms with Gasteiger partial charge in [-0.3, -0.25) is 9.59 Å². The molecule has 180 valence electrons. The van der Waals surface area contributed by atoms with Crippen LogP contribution in [0.25, 0.3) is 6.08 Å². The van der Waals surface area contributed by atoms with E-state index in [1.165, 1.54) is 0 Å². The molecule has 0 bridgehead atoms. The van der Waals surface area contributed by atoms with Gasteiger partial charge in [0.25, 0.3) is 11.1 Å². The lowest BCUT2D eigenvalue weighted by Crippen LogP contribution is -2.27. The summed E-state index contributed by atoms with van der Waals surface area (Å²) < 4.78 is 17.1. The Kier molecular flexibility index (Phi) is 8.00. The molecule has 1 saturated heterocycles. The topological polar surface area (TPSA) is 65.1 Å². The number of ether oxygens (including phenoxy) is 3. The molecule has 8 heteroatoms. The number of hydrogen-bond acceptors (Lipinski definition) is 6. The molecule has 1 aliphatic heterocycles. The number of imide groups is 1. The van der Waals surface area contributed by atoms with Crippen LogP contribution in [0.15, 0.2) is 71.6 Å².